The molecule has 1 atom stereocenters. The van der Waals surface area contributed by atoms with Gasteiger partial charge in [-0.25, -0.2) is 0 Å². The highest BCUT2D eigenvalue weighted by atomic mass is 19.4. The van der Waals surface area contributed by atoms with Crippen LogP contribution in [-0.4, -0.2) is 30.6 Å². The SMILES string of the molecule is CCN1CCC(NC(C)c2cccc(C(F)(F)F)c2)CC1. The van der Waals surface area contributed by atoms with Crippen molar-refractivity contribution in [1.29, 1.82) is 0 Å². The molecule has 2 nitrogen and oxygen atoms in total. The van der Waals surface area contributed by atoms with E-state index in [1.165, 1.54) is 12.1 Å². The highest BCUT2D eigenvalue weighted by molar-refractivity contribution is 5.27. The molecule has 0 bridgehead atoms. The molecule has 118 valence electrons. The lowest BCUT2D eigenvalue weighted by atomic mass is 10.0. The molecule has 1 N–H and O–H groups in total. The Hall–Kier alpha value is -1.07. The number of alkyl halides is 3. The molecule has 1 aliphatic heterocycles. The predicted molar refractivity (Wildman–Crippen MR) is 78.1 cm³/mol. The summed E-state index contributed by atoms with van der Waals surface area (Å²) >= 11 is 0. The molecule has 0 spiro atoms. The molecule has 1 saturated heterocycles. The number of rotatable bonds is 4. The Balaban J connectivity index is 1.96. The van der Waals surface area contributed by atoms with E-state index in [0.717, 1.165) is 38.5 Å². The number of nitrogens with one attached hydrogen (secondary N) is 1. The van der Waals surface area contributed by atoms with Gasteiger partial charge in [0.05, 0.1) is 5.56 Å². The van der Waals surface area contributed by atoms with E-state index in [1.54, 1.807) is 6.07 Å². The molecule has 0 saturated carbocycles. The number of hydrogen-bond donors (Lipinski definition) is 1. The van der Waals surface area contributed by atoms with Gasteiger partial charge in [0.25, 0.3) is 0 Å². The van der Waals surface area contributed by atoms with Crippen LogP contribution in [0.15, 0.2) is 24.3 Å². The molecule has 1 heterocycles. The van der Waals surface area contributed by atoms with Crippen LogP contribution >= 0.6 is 0 Å². The summed E-state index contributed by atoms with van der Waals surface area (Å²) in [4.78, 5) is 2.40. The van der Waals surface area contributed by atoms with Gasteiger partial charge in [0.15, 0.2) is 0 Å². The number of nitrogens with zero attached hydrogens (tertiary/aromatic N) is 1. The molecule has 0 aromatic heterocycles. The highest BCUT2D eigenvalue weighted by Gasteiger charge is 2.31. The van der Waals surface area contributed by atoms with Crippen molar-refractivity contribution in [2.24, 2.45) is 0 Å². The smallest absolute Gasteiger partial charge is 0.307 e. The van der Waals surface area contributed by atoms with Crippen LogP contribution in [0.5, 0.6) is 0 Å². The monoisotopic (exact) mass is 300 g/mol. The first-order valence-corrected chi connectivity index (χ1v) is 7.55. The van der Waals surface area contributed by atoms with Crippen molar-refractivity contribution in [2.75, 3.05) is 19.6 Å². The summed E-state index contributed by atoms with van der Waals surface area (Å²) in [7, 11) is 0. The molecular formula is C16H23F3N2. The van der Waals surface area contributed by atoms with Gasteiger partial charge in [-0.1, -0.05) is 19.1 Å². The van der Waals surface area contributed by atoms with Crippen molar-refractivity contribution in [1.82, 2.24) is 10.2 Å². The minimum absolute atomic E-state index is 0.0644. The molecular weight excluding hydrogens is 277 g/mol. The Bertz CT molecular complexity index is 451. The first-order chi connectivity index (χ1) is 9.90. The lowest BCUT2D eigenvalue weighted by molar-refractivity contribution is -0.137. The first kappa shape index (κ1) is 16.3. The maximum absolute atomic E-state index is 12.7. The predicted octanol–water partition coefficient (Wildman–Crippen LogP) is 3.84. The Kier molecular flexibility index (Phi) is 5.27. The fraction of sp³-hybridized carbons (Fsp3) is 0.625. The van der Waals surface area contributed by atoms with Gasteiger partial charge in [-0.15, -0.1) is 0 Å². The number of halogens is 3. The Morgan fingerprint density at radius 1 is 1.29 bits per heavy atom. The second-order valence-corrected chi connectivity index (χ2v) is 5.72. The fourth-order valence-electron chi connectivity index (χ4n) is 2.85. The van der Waals surface area contributed by atoms with Crippen LogP contribution in [0.2, 0.25) is 0 Å². The fourth-order valence-corrected chi connectivity index (χ4v) is 2.85. The molecule has 0 aliphatic carbocycles. The summed E-state index contributed by atoms with van der Waals surface area (Å²) in [6.45, 7) is 7.27. The standard InChI is InChI=1S/C16H23F3N2/c1-3-21-9-7-15(8-10-21)20-12(2)13-5-4-6-14(11-13)16(17,18)19/h4-6,11-12,15,20H,3,7-10H2,1-2H3. The second-order valence-electron chi connectivity index (χ2n) is 5.72. The van der Waals surface area contributed by atoms with Crippen molar-refractivity contribution in [3.05, 3.63) is 35.4 Å². The van der Waals surface area contributed by atoms with Crippen LogP contribution in [0.25, 0.3) is 0 Å². The van der Waals surface area contributed by atoms with Gasteiger partial charge in [0, 0.05) is 12.1 Å². The molecule has 2 rings (SSSR count). The largest absolute Gasteiger partial charge is 0.416 e. The van der Waals surface area contributed by atoms with Crippen LogP contribution in [-0.2, 0) is 6.18 Å². The van der Waals surface area contributed by atoms with E-state index >= 15 is 0 Å². The van der Waals surface area contributed by atoms with Crippen LogP contribution in [0.4, 0.5) is 13.2 Å². The zero-order valence-corrected chi connectivity index (χ0v) is 12.6. The lowest BCUT2D eigenvalue weighted by Gasteiger charge is -2.33. The Morgan fingerprint density at radius 3 is 2.52 bits per heavy atom. The van der Waals surface area contributed by atoms with Crippen molar-refractivity contribution < 1.29 is 13.2 Å². The number of likely N-dealkylation sites (tertiary alicyclic amines) is 1. The van der Waals surface area contributed by atoms with Gasteiger partial charge in [-0.05, 0) is 57.1 Å². The molecule has 1 aromatic carbocycles. The van der Waals surface area contributed by atoms with Gasteiger partial charge < -0.3 is 10.2 Å². The summed E-state index contributed by atoms with van der Waals surface area (Å²) < 4.78 is 38.2. The summed E-state index contributed by atoms with van der Waals surface area (Å²) in [5, 5.41) is 3.46. The first-order valence-electron chi connectivity index (χ1n) is 7.55. The zero-order valence-electron chi connectivity index (χ0n) is 12.6. The third kappa shape index (κ3) is 4.45. The van der Waals surface area contributed by atoms with Crippen LogP contribution < -0.4 is 5.32 Å². The van der Waals surface area contributed by atoms with E-state index in [-0.39, 0.29) is 6.04 Å². The summed E-state index contributed by atoms with van der Waals surface area (Å²) in [5.41, 5.74) is 0.122. The quantitative estimate of drug-likeness (QED) is 0.909. The minimum Gasteiger partial charge on any atom is -0.307 e. The molecule has 0 radical (unpaired) electrons. The molecule has 1 aromatic rings. The number of piperidine rings is 1. The number of hydrogen-bond acceptors (Lipinski definition) is 2. The lowest BCUT2D eigenvalue weighted by Crippen LogP contribution is -2.43. The third-order valence-corrected chi connectivity index (χ3v) is 4.23. The van der Waals surface area contributed by atoms with E-state index in [1.807, 2.05) is 6.92 Å². The van der Waals surface area contributed by atoms with E-state index in [2.05, 4.69) is 17.1 Å². The molecule has 1 aliphatic rings. The molecule has 5 heteroatoms. The zero-order chi connectivity index (χ0) is 15.5. The van der Waals surface area contributed by atoms with Gasteiger partial charge in [-0.3, -0.25) is 0 Å². The van der Waals surface area contributed by atoms with Gasteiger partial charge >= 0.3 is 6.18 Å². The second kappa shape index (κ2) is 6.79. The maximum Gasteiger partial charge on any atom is 0.416 e. The third-order valence-electron chi connectivity index (χ3n) is 4.23. The Labute approximate surface area is 124 Å². The molecule has 1 fully saturated rings. The average Bonchev–Trinajstić information content (AvgIpc) is 2.47. The van der Waals surface area contributed by atoms with Gasteiger partial charge in [0.1, 0.15) is 0 Å². The van der Waals surface area contributed by atoms with Gasteiger partial charge in [0.2, 0.25) is 0 Å². The topological polar surface area (TPSA) is 15.3 Å². The summed E-state index contributed by atoms with van der Waals surface area (Å²) in [6.07, 6.45) is -2.17. The summed E-state index contributed by atoms with van der Waals surface area (Å²) in [6, 6.07) is 5.93. The molecule has 1 unspecified atom stereocenters. The van der Waals surface area contributed by atoms with Crippen molar-refractivity contribution in [3.63, 3.8) is 0 Å². The molecule has 0 amide bonds. The average molecular weight is 300 g/mol. The van der Waals surface area contributed by atoms with Crippen LogP contribution in [0.3, 0.4) is 0 Å². The minimum atomic E-state index is -4.28. The Morgan fingerprint density at radius 2 is 1.95 bits per heavy atom. The normalized spacial score (nSPS) is 19.7. The molecule has 21 heavy (non-hydrogen) atoms. The van der Waals surface area contributed by atoms with E-state index in [0.29, 0.717) is 11.6 Å². The van der Waals surface area contributed by atoms with Crippen molar-refractivity contribution in [2.45, 2.75) is 44.9 Å². The van der Waals surface area contributed by atoms with E-state index < -0.39 is 11.7 Å². The van der Waals surface area contributed by atoms with E-state index in [4.69, 9.17) is 0 Å². The highest BCUT2D eigenvalue weighted by Crippen LogP contribution is 2.31. The van der Waals surface area contributed by atoms with Crippen molar-refractivity contribution in [3.8, 4) is 0 Å². The number of benzene rings is 1. The van der Waals surface area contributed by atoms with Crippen LogP contribution in [0.1, 0.15) is 43.9 Å². The van der Waals surface area contributed by atoms with Crippen molar-refractivity contribution >= 4 is 0 Å². The summed E-state index contributed by atoms with van der Waals surface area (Å²) in [5.74, 6) is 0. The van der Waals surface area contributed by atoms with Crippen LogP contribution in [0, 0.1) is 0 Å². The van der Waals surface area contributed by atoms with E-state index in [9.17, 15) is 13.2 Å². The van der Waals surface area contributed by atoms with Gasteiger partial charge in [-0.2, -0.15) is 13.2 Å². The maximum atomic E-state index is 12.7.